The number of hydrogen-bond acceptors (Lipinski definition) is 2. The monoisotopic (exact) mass is 269 g/mol. The molecule has 2 atom stereocenters. The molecule has 0 bridgehead atoms. The van der Waals surface area contributed by atoms with Crippen molar-refractivity contribution in [2.24, 2.45) is 0 Å². The second kappa shape index (κ2) is 6.10. The zero-order valence-corrected chi connectivity index (χ0v) is 10.5. The van der Waals surface area contributed by atoms with Crippen molar-refractivity contribution < 1.29 is 18.7 Å². The number of aliphatic hydroxyl groups is 1. The number of amides is 1. The third kappa shape index (κ3) is 3.73. The standard InChI is InChI=1S/C14H17F2NO2/c15-10-6-5-9(11(16)8-10)7-14(19)17-12-3-1-2-4-13(12)18/h5-6,8,12-13,18H,1-4,7H2,(H,17,19)/t12-,13-/m0/s1. The molecule has 5 heteroatoms. The number of hydrogen-bond donors (Lipinski definition) is 2. The van der Waals surface area contributed by atoms with Crippen molar-refractivity contribution in [1.29, 1.82) is 0 Å². The van der Waals surface area contributed by atoms with E-state index in [2.05, 4.69) is 5.32 Å². The van der Waals surface area contributed by atoms with Crippen molar-refractivity contribution in [3.8, 4) is 0 Å². The Hall–Kier alpha value is -1.49. The van der Waals surface area contributed by atoms with Crippen molar-refractivity contribution in [2.45, 2.75) is 44.2 Å². The molecule has 104 valence electrons. The Morgan fingerprint density at radius 3 is 2.74 bits per heavy atom. The number of nitrogens with one attached hydrogen (secondary N) is 1. The van der Waals surface area contributed by atoms with Crippen molar-refractivity contribution >= 4 is 5.91 Å². The van der Waals surface area contributed by atoms with Gasteiger partial charge in [-0.2, -0.15) is 0 Å². The Morgan fingerprint density at radius 2 is 2.05 bits per heavy atom. The van der Waals surface area contributed by atoms with Gasteiger partial charge in [0.15, 0.2) is 0 Å². The predicted octanol–water partition coefficient (Wildman–Crippen LogP) is 1.93. The SMILES string of the molecule is O=C(Cc1ccc(F)cc1F)N[C@H]1CCCC[C@@H]1O. The molecule has 1 amide bonds. The number of rotatable bonds is 3. The van der Waals surface area contributed by atoms with Crippen LogP contribution in [-0.2, 0) is 11.2 Å². The average Bonchev–Trinajstić information content (AvgIpc) is 2.36. The van der Waals surface area contributed by atoms with Gasteiger partial charge >= 0.3 is 0 Å². The van der Waals surface area contributed by atoms with E-state index in [1.54, 1.807) is 0 Å². The summed E-state index contributed by atoms with van der Waals surface area (Å²) in [5.41, 5.74) is 0.157. The molecule has 0 saturated heterocycles. The fourth-order valence-corrected chi connectivity index (χ4v) is 2.38. The van der Waals surface area contributed by atoms with Crippen LogP contribution in [0.4, 0.5) is 8.78 Å². The number of benzene rings is 1. The van der Waals surface area contributed by atoms with Crippen LogP contribution in [0.3, 0.4) is 0 Å². The molecule has 1 fully saturated rings. The van der Waals surface area contributed by atoms with Crippen LogP contribution in [0.5, 0.6) is 0 Å². The van der Waals surface area contributed by atoms with Gasteiger partial charge in [-0.05, 0) is 24.5 Å². The fourth-order valence-electron chi connectivity index (χ4n) is 2.38. The Morgan fingerprint density at radius 1 is 1.32 bits per heavy atom. The zero-order valence-electron chi connectivity index (χ0n) is 10.5. The van der Waals surface area contributed by atoms with Gasteiger partial charge in [0, 0.05) is 6.07 Å². The normalized spacial score (nSPS) is 23.1. The molecule has 1 aliphatic carbocycles. The quantitative estimate of drug-likeness (QED) is 0.881. The summed E-state index contributed by atoms with van der Waals surface area (Å²) in [6, 6.07) is 2.89. The number of halogens is 2. The van der Waals surface area contributed by atoms with E-state index < -0.39 is 17.7 Å². The summed E-state index contributed by atoms with van der Waals surface area (Å²) in [5, 5.41) is 12.4. The van der Waals surface area contributed by atoms with Crippen LogP contribution in [-0.4, -0.2) is 23.2 Å². The summed E-state index contributed by atoms with van der Waals surface area (Å²) in [4.78, 5) is 11.8. The molecule has 1 aliphatic rings. The molecule has 19 heavy (non-hydrogen) atoms. The summed E-state index contributed by atoms with van der Waals surface area (Å²) < 4.78 is 26.1. The lowest BCUT2D eigenvalue weighted by Crippen LogP contribution is -2.45. The summed E-state index contributed by atoms with van der Waals surface area (Å²) in [7, 11) is 0. The summed E-state index contributed by atoms with van der Waals surface area (Å²) >= 11 is 0. The highest BCUT2D eigenvalue weighted by atomic mass is 19.1. The van der Waals surface area contributed by atoms with E-state index in [4.69, 9.17) is 0 Å². The van der Waals surface area contributed by atoms with E-state index in [0.29, 0.717) is 6.42 Å². The van der Waals surface area contributed by atoms with E-state index in [0.717, 1.165) is 31.4 Å². The molecule has 0 aliphatic heterocycles. The first-order valence-corrected chi connectivity index (χ1v) is 6.47. The second-order valence-corrected chi connectivity index (χ2v) is 4.94. The lowest BCUT2D eigenvalue weighted by molar-refractivity contribution is -0.122. The van der Waals surface area contributed by atoms with Crippen molar-refractivity contribution in [3.05, 3.63) is 35.4 Å². The highest BCUT2D eigenvalue weighted by Gasteiger charge is 2.24. The largest absolute Gasteiger partial charge is 0.391 e. The summed E-state index contributed by atoms with van der Waals surface area (Å²) in [5.74, 6) is -1.74. The maximum Gasteiger partial charge on any atom is 0.224 e. The van der Waals surface area contributed by atoms with Gasteiger partial charge in [0.25, 0.3) is 0 Å². The van der Waals surface area contributed by atoms with E-state index in [-0.39, 0.29) is 23.9 Å². The van der Waals surface area contributed by atoms with E-state index in [1.165, 1.54) is 6.07 Å². The second-order valence-electron chi connectivity index (χ2n) is 4.94. The van der Waals surface area contributed by atoms with Crippen LogP contribution in [0.2, 0.25) is 0 Å². The molecule has 3 nitrogen and oxygen atoms in total. The smallest absolute Gasteiger partial charge is 0.224 e. The van der Waals surface area contributed by atoms with Crippen molar-refractivity contribution in [3.63, 3.8) is 0 Å². The molecule has 1 saturated carbocycles. The van der Waals surface area contributed by atoms with Gasteiger partial charge in [0.1, 0.15) is 11.6 Å². The maximum absolute atomic E-state index is 13.4. The highest BCUT2D eigenvalue weighted by molar-refractivity contribution is 5.79. The molecule has 1 aromatic rings. The Balaban J connectivity index is 1.93. The van der Waals surface area contributed by atoms with Crippen LogP contribution < -0.4 is 5.32 Å². The Labute approximate surface area is 110 Å². The van der Waals surface area contributed by atoms with Crippen LogP contribution >= 0.6 is 0 Å². The minimum atomic E-state index is -0.723. The Kier molecular flexibility index (Phi) is 4.47. The van der Waals surface area contributed by atoms with Gasteiger partial charge in [-0.1, -0.05) is 18.9 Å². The minimum absolute atomic E-state index is 0.144. The van der Waals surface area contributed by atoms with Crippen molar-refractivity contribution in [1.82, 2.24) is 5.32 Å². The van der Waals surface area contributed by atoms with Crippen LogP contribution in [0.15, 0.2) is 18.2 Å². The molecule has 0 spiro atoms. The third-order valence-corrected chi connectivity index (χ3v) is 3.44. The molecular weight excluding hydrogens is 252 g/mol. The van der Waals surface area contributed by atoms with Gasteiger partial charge in [0.2, 0.25) is 5.91 Å². The average molecular weight is 269 g/mol. The summed E-state index contributed by atoms with van der Waals surface area (Å²) in [6.45, 7) is 0. The number of carbonyl (C=O) groups is 1. The minimum Gasteiger partial charge on any atom is -0.391 e. The number of carbonyl (C=O) groups excluding carboxylic acids is 1. The van der Waals surface area contributed by atoms with Crippen LogP contribution in [0, 0.1) is 11.6 Å². The summed E-state index contributed by atoms with van der Waals surface area (Å²) in [6.07, 6.45) is 2.66. The molecule has 2 rings (SSSR count). The van der Waals surface area contributed by atoms with Gasteiger partial charge < -0.3 is 10.4 Å². The van der Waals surface area contributed by atoms with Gasteiger partial charge in [-0.25, -0.2) is 8.78 Å². The van der Waals surface area contributed by atoms with Gasteiger partial charge in [-0.15, -0.1) is 0 Å². The van der Waals surface area contributed by atoms with Crippen LogP contribution in [0.25, 0.3) is 0 Å². The van der Waals surface area contributed by atoms with E-state index in [1.807, 2.05) is 0 Å². The maximum atomic E-state index is 13.4. The fraction of sp³-hybridized carbons (Fsp3) is 0.500. The lowest BCUT2D eigenvalue weighted by Gasteiger charge is -2.28. The van der Waals surface area contributed by atoms with E-state index in [9.17, 15) is 18.7 Å². The predicted molar refractivity (Wildman–Crippen MR) is 66.5 cm³/mol. The molecule has 0 radical (unpaired) electrons. The van der Waals surface area contributed by atoms with Gasteiger partial charge in [0.05, 0.1) is 18.6 Å². The third-order valence-electron chi connectivity index (χ3n) is 3.44. The molecule has 2 N–H and O–H groups in total. The molecule has 0 unspecified atom stereocenters. The molecule has 0 aromatic heterocycles. The van der Waals surface area contributed by atoms with Crippen LogP contribution in [0.1, 0.15) is 31.2 Å². The Bertz CT molecular complexity index is 465. The highest BCUT2D eigenvalue weighted by Crippen LogP contribution is 2.18. The lowest BCUT2D eigenvalue weighted by atomic mass is 9.92. The molecular formula is C14H17F2NO2. The first-order valence-electron chi connectivity index (χ1n) is 6.47. The first kappa shape index (κ1) is 13.9. The first-order chi connectivity index (χ1) is 9.06. The zero-order chi connectivity index (χ0) is 13.8. The van der Waals surface area contributed by atoms with Gasteiger partial charge in [-0.3, -0.25) is 4.79 Å². The van der Waals surface area contributed by atoms with E-state index >= 15 is 0 Å². The number of aliphatic hydroxyl groups excluding tert-OH is 1. The topological polar surface area (TPSA) is 49.3 Å². The molecule has 1 aromatic carbocycles. The molecule has 0 heterocycles. The van der Waals surface area contributed by atoms with Crippen molar-refractivity contribution in [2.75, 3.05) is 0 Å².